The van der Waals surface area contributed by atoms with Gasteiger partial charge in [-0.05, 0) is 56.5 Å². The first kappa shape index (κ1) is 28.9. The predicted molar refractivity (Wildman–Crippen MR) is 139 cm³/mol. The molecule has 40 heavy (non-hydrogen) atoms. The first-order valence-electron chi connectivity index (χ1n) is 12.9. The van der Waals surface area contributed by atoms with Crippen LogP contribution in [0, 0.1) is 5.92 Å². The minimum Gasteiger partial charge on any atom is -0.497 e. The van der Waals surface area contributed by atoms with Crippen LogP contribution in [0.1, 0.15) is 55.7 Å². The Morgan fingerprint density at radius 3 is 2.38 bits per heavy atom. The van der Waals surface area contributed by atoms with Crippen molar-refractivity contribution >= 4 is 17.7 Å². The number of hydrogen-bond acceptors (Lipinski definition) is 7. The first-order chi connectivity index (χ1) is 19.0. The van der Waals surface area contributed by atoms with Gasteiger partial charge in [0.05, 0.1) is 31.5 Å². The van der Waals surface area contributed by atoms with E-state index in [-0.39, 0.29) is 42.0 Å². The zero-order chi connectivity index (χ0) is 29.2. The molecule has 2 aliphatic rings. The fourth-order valence-electron chi connectivity index (χ4n) is 5.52. The zero-order valence-corrected chi connectivity index (χ0v) is 22.6. The van der Waals surface area contributed by atoms with Crippen LogP contribution in [-0.2, 0) is 30.0 Å². The lowest BCUT2D eigenvalue weighted by Gasteiger charge is -2.40. The third kappa shape index (κ3) is 5.35. The van der Waals surface area contributed by atoms with Gasteiger partial charge in [-0.15, -0.1) is 0 Å². The highest BCUT2D eigenvalue weighted by Crippen LogP contribution is 2.50. The van der Waals surface area contributed by atoms with Crippen molar-refractivity contribution in [3.63, 3.8) is 0 Å². The van der Waals surface area contributed by atoms with Gasteiger partial charge in [-0.3, -0.25) is 9.59 Å². The minimum absolute atomic E-state index is 0.00498. The van der Waals surface area contributed by atoms with Crippen molar-refractivity contribution < 1.29 is 41.8 Å². The second-order valence-electron chi connectivity index (χ2n) is 9.48. The molecular formula is C30H30F3NO6. The van der Waals surface area contributed by atoms with Gasteiger partial charge in [0.15, 0.2) is 5.78 Å². The first-order valence-corrected chi connectivity index (χ1v) is 12.9. The van der Waals surface area contributed by atoms with Crippen LogP contribution in [-0.4, -0.2) is 38.0 Å². The lowest BCUT2D eigenvalue weighted by atomic mass is 9.66. The zero-order valence-electron chi connectivity index (χ0n) is 22.6. The summed E-state index contributed by atoms with van der Waals surface area (Å²) < 4.78 is 58.5. The normalized spacial score (nSPS) is 21.0. The topological polar surface area (TPSA) is 90.9 Å². The molecule has 1 aliphatic carbocycles. The number of nitrogens with one attached hydrogen (secondary N) is 1. The van der Waals surface area contributed by atoms with Gasteiger partial charge in [-0.1, -0.05) is 30.3 Å². The number of benzene rings is 2. The second kappa shape index (κ2) is 11.6. The number of carbonyl (C=O) groups excluding carboxylic acids is 3. The number of esters is 2. The van der Waals surface area contributed by atoms with Crippen molar-refractivity contribution in [2.75, 3.05) is 20.3 Å². The molecule has 0 spiro atoms. The largest absolute Gasteiger partial charge is 0.497 e. The quantitative estimate of drug-likeness (QED) is 0.359. The van der Waals surface area contributed by atoms with Gasteiger partial charge in [0.2, 0.25) is 0 Å². The molecule has 1 N–H and O–H groups in total. The third-order valence-corrected chi connectivity index (χ3v) is 7.15. The van der Waals surface area contributed by atoms with E-state index < -0.39 is 47.2 Å². The van der Waals surface area contributed by atoms with Crippen molar-refractivity contribution in [1.29, 1.82) is 0 Å². The number of rotatable bonds is 7. The molecule has 0 fully saturated rings. The SMILES string of the molecule is CCOC(=O)C1=C(C)NC2=C(C(=O)[C@@H](C(=O)OCC)[C@@H](c3cccc(OC)c3)C2)[C@@H]1c1ccccc1C(F)(F)F. The number of halogens is 3. The number of allylic oxidation sites excluding steroid dienone is 3. The smallest absolute Gasteiger partial charge is 0.416 e. The van der Waals surface area contributed by atoms with Crippen LogP contribution in [0.3, 0.4) is 0 Å². The molecule has 7 nitrogen and oxygen atoms in total. The molecule has 2 aromatic rings. The molecule has 0 aromatic heterocycles. The van der Waals surface area contributed by atoms with Crippen molar-refractivity contribution in [3.8, 4) is 5.75 Å². The molecule has 1 heterocycles. The monoisotopic (exact) mass is 557 g/mol. The molecule has 1 aliphatic heterocycles. The van der Waals surface area contributed by atoms with Crippen LogP contribution in [0.15, 0.2) is 71.1 Å². The molecule has 212 valence electrons. The summed E-state index contributed by atoms with van der Waals surface area (Å²) >= 11 is 0. The average molecular weight is 558 g/mol. The second-order valence-corrected chi connectivity index (χ2v) is 9.48. The van der Waals surface area contributed by atoms with Gasteiger partial charge < -0.3 is 19.5 Å². The predicted octanol–water partition coefficient (Wildman–Crippen LogP) is 5.43. The minimum atomic E-state index is -4.77. The van der Waals surface area contributed by atoms with E-state index in [1.807, 2.05) is 0 Å². The standard InChI is InChI=1S/C30H30F3NO6/c1-5-39-28(36)23-16(3)34-22-15-20(17-10-9-11-18(14-17)38-4)25(29(37)40-6-2)27(35)26(22)24(23)19-12-7-8-13-21(19)30(31,32)33/h7-14,20,24-25,34H,5-6,15H2,1-4H3/t20-,24-,25+/m1/s1. The van der Waals surface area contributed by atoms with Crippen LogP contribution in [0.2, 0.25) is 0 Å². The molecule has 0 unspecified atom stereocenters. The van der Waals surface area contributed by atoms with Gasteiger partial charge in [0.1, 0.15) is 11.7 Å². The summed E-state index contributed by atoms with van der Waals surface area (Å²) in [5.74, 6) is -5.30. The molecule has 0 saturated heterocycles. The number of methoxy groups -OCH3 is 1. The number of carbonyl (C=O) groups is 3. The van der Waals surface area contributed by atoms with E-state index in [9.17, 15) is 27.6 Å². The Morgan fingerprint density at radius 1 is 1.02 bits per heavy atom. The number of ether oxygens (including phenoxy) is 3. The van der Waals surface area contributed by atoms with E-state index in [4.69, 9.17) is 14.2 Å². The fourth-order valence-corrected chi connectivity index (χ4v) is 5.52. The van der Waals surface area contributed by atoms with Crippen molar-refractivity contribution in [1.82, 2.24) is 5.32 Å². The maximum absolute atomic E-state index is 14.3. The van der Waals surface area contributed by atoms with Crippen LogP contribution < -0.4 is 10.1 Å². The maximum Gasteiger partial charge on any atom is 0.416 e. The van der Waals surface area contributed by atoms with Gasteiger partial charge >= 0.3 is 18.1 Å². The highest BCUT2D eigenvalue weighted by Gasteiger charge is 2.50. The van der Waals surface area contributed by atoms with Crippen molar-refractivity contribution in [2.45, 2.75) is 45.2 Å². The van der Waals surface area contributed by atoms with Crippen LogP contribution in [0.5, 0.6) is 5.75 Å². The van der Waals surface area contributed by atoms with E-state index in [0.717, 1.165) is 6.07 Å². The Balaban J connectivity index is 1.97. The van der Waals surface area contributed by atoms with E-state index in [1.54, 1.807) is 45.0 Å². The summed E-state index contributed by atoms with van der Waals surface area (Å²) in [4.78, 5) is 40.7. The average Bonchev–Trinajstić information content (AvgIpc) is 2.91. The van der Waals surface area contributed by atoms with Crippen molar-refractivity contribution in [3.05, 3.63) is 87.8 Å². The molecule has 4 rings (SSSR count). The molecule has 10 heteroatoms. The van der Waals surface area contributed by atoms with Crippen LogP contribution >= 0.6 is 0 Å². The van der Waals surface area contributed by atoms with Crippen molar-refractivity contribution in [2.24, 2.45) is 5.92 Å². The van der Waals surface area contributed by atoms with E-state index >= 15 is 0 Å². The molecule has 3 atom stereocenters. The number of ketones is 1. The molecule has 0 radical (unpaired) electrons. The summed E-state index contributed by atoms with van der Waals surface area (Å²) in [6.07, 6.45) is -4.66. The summed E-state index contributed by atoms with van der Waals surface area (Å²) in [6, 6.07) is 11.7. The van der Waals surface area contributed by atoms with E-state index in [2.05, 4.69) is 5.32 Å². The number of dihydropyridines is 1. The summed E-state index contributed by atoms with van der Waals surface area (Å²) in [7, 11) is 1.49. The lowest BCUT2D eigenvalue weighted by molar-refractivity contribution is -0.152. The van der Waals surface area contributed by atoms with E-state index in [0.29, 0.717) is 17.0 Å². The highest BCUT2D eigenvalue weighted by molar-refractivity contribution is 6.13. The number of hydrogen-bond donors (Lipinski definition) is 1. The molecule has 0 saturated carbocycles. The summed E-state index contributed by atoms with van der Waals surface area (Å²) in [5, 5.41) is 3.09. The Bertz CT molecular complexity index is 1390. The van der Waals surface area contributed by atoms with Crippen LogP contribution in [0.25, 0.3) is 0 Å². The number of alkyl halides is 3. The Hall–Kier alpha value is -4.08. The fraction of sp³-hybridized carbons (Fsp3) is 0.367. The Morgan fingerprint density at radius 2 is 1.73 bits per heavy atom. The molecule has 0 bridgehead atoms. The summed E-state index contributed by atoms with van der Waals surface area (Å²) in [5.41, 5.74) is -0.224. The molecule has 0 amide bonds. The highest BCUT2D eigenvalue weighted by atomic mass is 19.4. The Labute approximate surface area is 230 Å². The molecule has 2 aromatic carbocycles. The lowest BCUT2D eigenvalue weighted by Crippen LogP contribution is -2.43. The van der Waals surface area contributed by atoms with Gasteiger partial charge in [0.25, 0.3) is 0 Å². The number of Topliss-reactive ketones (excluding diaryl/α,β-unsaturated/α-hetero) is 1. The van der Waals surface area contributed by atoms with Gasteiger partial charge in [-0.2, -0.15) is 13.2 Å². The third-order valence-electron chi connectivity index (χ3n) is 7.15. The molecular weight excluding hydrogens is 527 g/mol. The van der Waals surface area contributed by atoms with Gasteiger partial charge in [-0.25, -0.2) is 4.79 Å². The van der Waals surface area contributed by atoms with Gasteiger partial charge in [0, 0.05) is 28.8 Å². The van der Waals surface area contributed by atoms with Crippen LogP contribution in [0.4, 0.5) is 13.2 Å². The summed E-state index contributed by atoms with van der Waals surface area (Å²) in [6.45, 7) is 4.72. The maximum atomic E-state index is 14.3. The Kier molecular flexibility index (Phi) is 8.37. The van der Waals surface area contributed by atoms with E-state index in [1.165, 1.54) is 25.3 Å².